The summed E-state index contributed by atoms with van der Waals surface area (Å²) in [6.45, 7) is 9.63. The van der Waals surface area contributed by atoms with Crippen LogP contribution >= 0.6 is 11.8 Å². The highest BCUT2D eigenvalue weighted by molar-refractivity contribution is 8.13. The number of hydrogen-bond acceptors (Lipinski definition) is 5. The van der Waals surface area contributed by atoms with Gasteiger partial charge in [0.25, 0.3) is 0 Å². The number of hydrogen-bond donors (Lipinski definition) is 0. The summed E-state index contributed by atoms with van der Waals surface area (Å²) in [5.74, 6) is 0.733. The number of benzene rings is 1. The summed E-state index contributed by atoms with van der Waals surface area (Å²) in [6.07, 6.45) is 3.41. The molecular weight excluding hydrogens is 347 g/mol. The van der Waals surface area contributed by atoms with Crippen LogP contribution in [0, 0.1) is 0 Å². The molecule has 6 heteroatoms. The lowest BCUT2D eigenvalue weighted by Gasteiger charge is -2.32. The van der Waals surface area contributed by atoms with Crippen LogP contribution in [0.5, 0.6) is 0 Å². The largest absolute Gasteiger partial charge is 0.491 e. The van der Waals surface area contributed by atoms with Gasteiger partial charge in [-0.1, -0.05) is 36.0 Å². The van der Waals surface area contributed by atoms with E-state index in [9.17, 15) is 9.59 Å². The molecule has 1 aromatic rings. The molecule has 1 heterocycles. The van der Waals surface area contributed by atoms with E-state index in [1.54, 1.807) is 6.92 Å². The number of thioether (sulfide) groups is 1. The van der Waals surface area contributed by atoms with Crippen LogP contribution < -0.4 is 0 Å². The number of fused-ring (bicyclic) bond motifs is 1. The van der Waals surface area contributed by atoms with Crippen molar-refractivity contribution in [3.8, 4) is 0 Å². The summed E-state index contributed by atoms with van der Waals surface area (Å²) in [7, 11) is -0.485. The van der Waals surface area contributed by atoms with Gasteiger partial charge in [0.15, 0.2) is 10.9 Å². The minimum absolute atomic E-state index is 0.0620. The molecule has 0 radical (unpaired) electrons. The van der Waals surface area contributed by atoms with Gasteiger partial charge in [-0.3, -0.25) is 9.59 Å². The maximum atomic E-state index is 11.8. The molecule has 0 unspecified atom stereocenters. The van der Waals surface area contributed by atoms with E-state index in [0.29, 0.717) is 12.2 Å². The van der Waals surface area contributed by atoms with Gasteiger partial charge in [0.1, 0.15) is 0 Å². The summed E-state index contributed by atoms with van der Waals surface area (Å²) < 4.78 is 12.3. The molecular formula is C20H25BO4S. The van der Waals surface area contributed by atoms with Crippen LogP contribution in [0.3, 0.4) is 0 Å². The zero-order valence-corrected chi connectivity index (χ0v) is 16.9. The van der Waals surface area contributed by atoms with Crippen molar-refractivity contribution in [1.82, 2.24) is 0 Å². The van der Waals surface area contributed by atoms with Crippen molar-refractivity contribution in [1.29, 1.82) is 0 Å². The Kier molecular flexibility index (Phi) is 5.21. The highest BCUT2D eigenvalue weighted by Crippen LogP contribution is 2.39. The molecule has 1 aromatic carbocycles. The third-order valence-electron chi connectivity index (χ3n) is 5.40. The second-order valence-electron chi connectivity index (χ2n) is 7.93. The lowest BCUT2D eigenvalue weighted by molar-refractivity contribution is -0.109. The molecule has 138 valence electrons. The molecule has 0 saturated carbocycles. The zero-order valence-electron chi connectivity index (χ0n) is 16.0. The Morgan fingerprint density at radius 3 is 2.46 bits per heavy atom. The van der Waals surface area contributed by atoms with Crippen LogP contribution in [-0.2, 0) is 20.5 Å². The average molecular weight is 372 g/mol. The van der Waals surface area contributed by atoms with Gasteiger partial charge < -0.3 is 9.31 Å². The van der Waals surface area contributed by atoms with Crippen LogP contribution in [-0.4, -0.2) is 35.0 Å². The predicted molar refractivity (Wildman–Crippen MR) is 106 cm³/mol. The third kappa shape index (κ3) is 3.82. The first-order valence-corrected chi connectivity index (χ1v) is 9.93. The monoisotopic (exact) mass is 372 g/mol. The van der Waals surface area contributed by atoms with Crippen molar-refractivity contribution in [3.05, 3.63) is 40.4 Å². The van der Waals surface area contributed by atoms with Crippen molar-refractivity contribution >= 4 is 35.9 Å². The molecule has 0 spiro atoms. The van der Waals surface area contributed by atoms with E-state index in [0.717, 1.165) is 28.6 Å². The maximum absolute atomic E-state index is 11.8. The molecule has 26 heavy (non-hydrogen) atoms. The fourth-order valence-corrected chi connectivity index (χ4v) is 3.73. The summed E-state index contributed by atoms with van der Waals surface area (Å²) in [5.41, 5.74) is 3.00. The fraction of sp³-hybridized carbons (Fsp3) is 0.500. The van der Waals surface area contributed by atoms with Crippen molar-refractivity contribution in [2.45, 2.75) is 58.7 Å². The van der Waals surface area contributed by atoms with Crippen molar-refractivity contribution in [2.75, 3.05) is 5.75 Å². The van der Waals surface area contributed by atoms with Crippen LogP contribution in [0.1, 0.15) is 62.5 Å². The smallest absolute Gasteiger partial charge is 0.400 e. The molecule has 0 aromatic heterocycles. The Balaban J connectivity index is 1.90. The van der Waals surface area contributed by atoms with E-state index in [1.807, 2.05) is 45.9 Å². The molecule has 0 atom stereocenters. The molecule has 3 rings (SSSR count). The van der Waals surface area contributed by atoms with E-state index in [-0.39, 0.29) is 10.9 Å². The zero-order chi connectivity index (χ0) is 19.1. The predicted octanol–water partition coefficient (Wildman–Crippen LogP) is 4.11. The highest BCUT2D eigenvalue weighted by Gasteiger charge is 2.52. The van der Waals surface area contributed by atoms with Gasteiger partial charge in [-0.15, -0.1) is 0 Å². The van der Waals surface area contributed by atoms with E-state index in [2.05, 4.69) is 6.07 Å². The molecule has 0 N–H and O–H groups in total. The molecule has 4 nitrogen and oxygen atoms in total. The number of Topliss-reactive ketones (excluding diaryl/α,β-unsaturated/α-hetero) is 1. The lowest BCUT2D eigenvalue weighted by Crippen LogP contribution is -2.41. The number of ketones is 1. The molecule has 0 bridgehead atoms. The first-order chi connectivity index (χ1) is 12.1. The SMILES string of the molecule is CC(=O)SCC(=Cc1ccc2c(c1)CCC2=O)B1OC(C)(C)C(C)(C)O1. The molecule has 2 aliphatic rings. The average Bonchev–Trinajstić information content (AvgIpc) is 3.00. The van der Waals surface area contributed by atoms with Gasteiger partial charge >= 0.3 is 7.12 Å². The Bertz CT molecular complexity index is 766. The third-order valence-corrected chi connectivity index (χ3v) is 6.29. The van der Waals surface area contributed by atoms with E-state index in [4.69, 9.17) is 9.31 Å². The molecule has 1 fully saturated rings. The Morgan fingerprint density at radius 1 is 1.19 bits per heavy atom. The van der Waals surface area contributed by atoms with Crippen LogP contribution in [0.2, 0.25) is 0 Å². The quantitative estimate of drug-likeness (QED) is 0.745. The normalized spacial score (nSPS) is 21.2. The second kappa shape index (κ2) is 6.99. The van der Waals surface area contributed by atoms with Gasteiger partial charge in [-0.05, 0) is 50.7 Å². The first kappa shape index (κ1) is 19.4. The summed E-state index contributed by atoms with van der Waals surface area (Å²) in [5, 5.41) is 0.0620. The minimum Gasteiger partial charge on any atom is -0.400 e. The Hall–Kier alpha value is -1.37. The van der Waals surface area contributed by atoms with Gasteiger partial charge in [-0.25, -0.2) is 0 Å². The summed E-state index contributed by atoms with van der Waals surface area (Å²) in [4.78, 5) is 23.3. The van der Waals surface area contributed by atoms with E-state index in [1.165, 1.54) is 11.8 Å². The molecule has 1 aliphatic carbocycles. The minimum atomic E-state index is -0.485. The Morgan fingerprint density at radius 2 is 1.85 bits per heavy atom. The van der Waals surface area contributed by atoms with E-state index < -0.39 is 18.3 Å². The fourth-order valence-electron chi connectivity index (χ4n) is 3.14. The number of aryl methyl sites for hydroxylation is 1. The first-order valence-electron chi connectivity index (χ1n) is 8.95. The van der Waals surface area contributed by atoms with E-state index >= 15 is 0 Å². The highest BCUT2D eigenvalue weighted by atomic mass is 32.2. The summed E-state index contributed by atoms with van der Waals surface area (Å²) >= 11 is 1.25. The molecule has 1 saturated heterocycles. The van der Waals surface area contributed by atoms with Crippen LogP contribution in [0.15, 0.2) is 23.7 Å². The summed E-state index contributed by atoms with van der Waals surface area (Å²) in [6, 6.07) is 5.91. The van der Waals surface area contributed by atoms with Crippen molar-refractivity contribution in [2.24, 2.45) is 0 Å². The Labute approximate surface area is 159 Å². The van der Waals surface area contributed by atoms with Crippen molar-refractivity contribution in [3.63, 3.8) is 0 Å². The topological polar surface area (TPSA) is 52.6 Å². The molecule has 1 aliphatic heterocycles. The number of carbonyl (C=O) groups excluding carboxylic acids is 2. The number of carbonyl (C=O) groups is 2. The lowest BCUT2D eigenvalue weighted by atomic mass is 9.78. The van der Waals surface area contributed by atoms with Crippen LogP contribution in [0.4, 0.5) is 0 Å². The van der Waals surface area contributed by atoms with Gasteiger partial charge in [0.05, 0.1) is 11.2 Å². The van der Waals surface area contributed by atoms with Crippen LogP contribution in [0.25, 0.3) is 6.08 Å². The van der Waals surface area contributed by atoms with Gasteiger partial charge in [0, 0.05) is 24.7 Å². The molecule has 0 amide bonds. The number of rotatable bonds is 4. The maximum Gasteiger partial charge on any atom is 0.491 e. The van der Waals surface area contributed by atoms with Gasteiger partial charge in [-0.2, -0.15) is 0 Å². The van der Waals surface area contributed by atoms with Gasteiger partial charge in [0.2, 0.25) is 0 Å². The van der Waals surface area contributed by atoms with Crippen molar-refractivity contribution < 1.29 is 18.9 Å². The standard InChI is InChI=1S/C20H25BO4S/c1-13(22)26-12-16(21-24-19(2,3)20(4,5)25-21)11-14-6-8-17-15(10-14)7-9-18(17)23/h6,8,10-11H,7,9,12H2,1-5H3. The second-order valence-corrected chi connectivity index (χ2v) is 9.08.